The van der Waals surface area contributed by atoms with Crippen molar-refractivity contribution in [2.75, 3.05) is 12.3 Å². The zero-order valence-electron chi connectivity index (χ0n) is 27.8. The Kier molecular flexibility index (Phi) is 10.5. The number of H-pyrrole nitrogens is 1. The number of rotatable bonds is 10. The minimum atomic E-state index is -1.21. The Morgan fingerprint density at radius 2 is 1.76 bits per heavy atom. The minimum Gasteiger partial charge on any atom is -0.452 e. The number of thioether (sulfide) groups is 2. The SMILES string of the molecule is CC(Sc1nn[nH]n1)C1(C(=O)OC(c2ccccc2)c2ccccc2)CS[C@@H]2C(N(NC(=O)OC(C)(C)C)C(=O)Cc3cccs3)C(=O)N2C1. The van der Waals surface area contributed by atoms with E-state index < -0.39 is 57.7 Å². The van der Waals surface area contributed by atoms with Crippen LogP contribution in [-0.2, 0) is 30.3 Å². The van der Waals surface area contributed by atoms with E-state index in [9.17, 15) is 19.2 Å². The first kappa shape index (κ1) is 35.4. The van der Waals surface area contributed by atoms with Crippen molar-refractivity contribution in [1.82, 2.24) is 36.0 Å². The van der Waals surface area contributed by atoms with Gasteiger partial charge in [-0.2, -0.15) is 5.21 Å². The van der Waals surface area contributed by atoms with Gasteiger partial charge in [0.25, 0.3) is 5.91 Å². The number of carbonyl (C=O) groups is 4. The van der Waals surface area contributed by atoms with Crippen LogP contribution < -0.4 is 5.43 Å². The molecule has 4 aromatic rings. The van der Waals surface area contributed by atoms with E-state index in [0.29, 0.717) is 5.16 Å². The average molecular weight is 736 g/mol. The third-order valence-corrected chi connectivity index (χ3v) is 12.0. The maximum Gasteiger partial charge on any atom is 0.426 e. The smallest absolute Gasteiger partial charge is 0.426 e. The summed E-state index contributed by atoms with van der Waals surface area (Å²) in [5, 5.41) is 16.6. The van der Waals surface area contributed by atoms with Crippen LogP contribution in [0.15, 0.2) is 83.3 Å². The standard InChI is InChI=1S/C34H37N7O6S3/c1-21(50-31-35-38-39-36-31)34(30(44)46-27(22-12-7-5-8-13-22)23-14-9-6-10-15-23)19-40-28(43)26(29(40)49-20-34)41(37-32(45)47-33(2,3)4)25(42)18-24-16-11-17-48-24/h5-17,21,26-27,29H,18-20H2,1-4H3,(H,37,45)(H,35,36,38,39)/t21?,26?,29-,34?/m1/s1. The van der Waals surface area contributed by atoms with Gasteiger partial charge in [0, 0.05) is 22.4 Å². The van der Waals surface area contributed by atoms with E-state index in [-0.39, 0.29) is 18.7 Å². The molecule has 0 aliphatic carbocycles. The number of hydrogen-bond donors (Lipinski definition) is 2. The number of amides is 3. The molecule has 0 saturated carbocycles. The third-order valence-electron chi connectivity index (χ3n) is 8.36. The normalized spacial score (nSPS) is 20.7. The number of tetrazole rings is 1. The highest BCUT2D eigenvalue weighted by atomic mass is 32.2. The van der Waals surface area contributed by atoms with Crippen LogP contribution in [0, 0.1) is 5.41 Å². The monoisotopic (exact) mass is 735 g/mol. The number of fused-ring (bicyclic) bond motifs is 1. The molecular weight excluding hydrogens is 699 g/mol. The van der Waals surface area contributed by atoms with Gasteiger partial charge in [0.2, 0.25) is 11.1 Å². The molecule has 2 saturated heterocycles. The van der Waals surface area contributed by atoms with Crippen LogP contribution in [0.1, 0.15) is 49.8 Å². The number of β-lactam (4-membered cyclic amide) rings is 1. The lowest BCUT2D eigenvalue weighted by molar-refractivity contribution is -0.172. The molecule has 2 aromatic heterocycles. The molecule has 50 heavy (non-hydrogen) atoms. The number of nitrogens with one attached hydrogen (secondary N) is 2. The molecule has 3 amide bonds. The van der Waals surface area contributed by atoms with Crippen LogP contribution in [0.25, 0.3) is 0 Å². The molecule has 6 rings (SSSR count). The number of aromatic amines is 1. The quantitative estimate of drug-likeness (QED) is 0.0992. The third kappa shape index (κ3) is 7.66. The van der Waals surface area contributed by atoms with E-state index in [1.165, 1.54) is 34.9 Å². The van der Waals surface area contributed by atoms with E-state index >= 15 is 0 Å². The summed E-state index contributed by atoms with van der Waals surface area (Å²) in [5.41, 5.74) is 2.12. The molecule has 2 aliphatic rings. The van der Waals surface area contributed by atoms with Gasteiger partial charge >= 0.3 is 12.1 Å². The Morgan fingerprint density at radius 3 is 2.34 bits per heavy atom. The topological polar surface area (TPSA) is 160 Å². The molecule has 262 valence electrons. The van der Waals surface area contributed by atoms with Crippen molar-refractivity contribution in [3.05, 3.63) is 94.2 Å². The maximum absolute atomic E-state index is 14.6. The maximum atomic E-state index is 14.6. The largest absolute Gasteiger partial charge is 0.452 e. The van der Waals surface area contributed by atoms with Crippen LogP contribution >= 0.6 is 34.9 Å². The Labute approximate surface area is 301 Å². The van der Waals surface area contributed by atoms with Crippen LogP contribution in [-0.4, -0.2) is 89.0 Å². The van der Waals surface area contributed by atoms with Gasteiger partial charge in [-0.25, -0.2) is 15.2 Å². The molecule has 4 heterocycles. The van der Waals surface area contributed by atoms with Crippen molar-refractivity contribution < 1.29 is 28.7 Å². The van der Waals surface area contributed by atoms with Crippen LogP contribution in [0.5, 0.6) is 0 Å². The highest BCUT2D eigenvalue weighted by molar-refractivity contribution is 8.01. The summed E-state index contributed by atoms with van der Waals surface area (Å²) in [7, 11) is 0. The molecule has 4 atom stereocenters. The van der Waals surface area contributed by atoms with Gasteiger partial charge in [-0.3, -0.25) is 14.4 Å². The molecule has 2 aromatic carbocycles. The lowest BCUT2D eigenvalue weighted by Crippen LogP contribution is -2.77. The van der Waals surface area contributed by atoms with Gasteiger partial charge in [-0.05, 0) is 48.6 Å². The minimum absolute atomic E-state index is 0.0103. The predicted molar refractivity (Wildman–Crippen MR) is 189 cm³/mol. The van der Waals surface area contributed by atoms with Gasteiger partial charge in [0.15, 0.2) is 12.1 Å². The van der Waals surface area contributed by atoms with Crippen molar-refractivity contribution in [2.24, 2.45) is 5.41 Å². The number of hydrogen-bond acceptors (Lipinski definition) is 12. The average Bonchev–Trinajstić information content (AvgIpc) is 3.81. The van der Waals surface area contributed by atoms with Gasteiger partial charge in [-0.1, -0.05) is 85.4 Å². The van der Waals surface area contributed by atoms with Crippen molar-refractivity contribution in [2.45, 2.75) is 67.6 Å². The van der Waals surface area contributed by atoms with E-state index in [1.807, 2.05) is 85.1 Å². The summed E-state index contributed by atoms with van der Waals surface area (Å²) in [4.78, 5) is 57.6. The fourth-order valence-corrected chi connectivity index (χ4v) is 9.31. The summed E-state index contributed by atoms with van der Waals surface area (Å²) < 4.78 is 11.9. The van der Waals surface area contributed by atoms with Crippen LogP contribution in [0.4, 0.5) is 4.79 Å². The first-order chi connectivity index (χ1) is 23.9. The van der Waals surface area contributed by atoms with E-state index in [1.54, 1.807) is 25.7 Å². The number of aromatic nitrogens is 4. The Hall–Kier alpha value is -4.41. The molecule has 13 nitrogen and oxygen atoms in total. The summed E-state index contributed by atoms with van der Waals surface area (Å²) in [6.45, 7) is 7.03. The van der Waals surface area contributed by atoms with E-state index in [2.05, 4.69) is 26.0 Å². The van der Waals surface area contributed by atoms with Crippen molar-refractivity contribution in [3.63, 3.8) is 0 Å². The van der Waals surface area contributed by atoms with Crippen molar-refractivity contribution >= 4 is 58.7 Å². The highest BCUT2D eigenvalue weighted by Crippen LogP contribution is 2.49. The van der Waals surface area contributed by atoms with Crippen molar-refractivity contribution in [3.8, 4) is 0 Å². The summed E-state index contributed by atoms with van der Waals surface area (Å²) in [6.07, 6.45) is -1.56. The summed E-state index contributed by atoms with van der Waals surface area (Å²) in [6, 6.07) is 21.6. The number of thiophene rings is 1. The number of benzene rings is 2. The fraction of sp³-hybridized carbons (Fsp3) is 0.382. The molecule has 2 aliphatic heterocycles. The molecule has 3 unspecified atom stereocenters. The molecule has 0 spiro atoms. The van der Waals surface area contributed by atoms with E-state index in [4.69, 9.17) is 9.47 Å². The lowest BCUT2D eigenvalue weighted by atomic mass is 9.83. The molecular formula is C34H37N7O6S3. The number of nitrogens with zero attached hydrogens (tertiary/aromatic N) is 5. The van der Waals surface area contributed by atoms with Gasteiger partial charge in [-0.15, -0.1) is 33.3 Å². The number of carbonyl (C=O) groups excluding carboxylic acids is 4. The fourth-order valence-electron chi connectivity index (χ4n) is 5.83. The van der Waals surface area contributed by atoms with Crippen LogP contribution in [0.2, 0.25) is 0 Å². The molecule has 0 radical (unpaired) electrons. The van der Waals surface area contributed by atoms with Gasteiger partial charge in [0.05, 0.1) is 6.42 Å². The number of ether oxygens (including phenoxy) is 2. The molecule has 2 fully saturated rings. The van der Waals surface area contributed by atoms with Gasteiger partial charge < -0.3 is 14.4 Å². The second kappa shape index (κ2) is 14.8. The Morgan fingerprint density at radius 1 is 1.08 bits per heavy atom. The number of esters is 1. The molecule has 16 heteroatoms. The van der Waals surface area contributed by atoms with Gasteiger partial charge in [0.1, 0.15) is 16.4 Å². The summed E-state index contributed by atoms with van der Waals surface area (Å²) >= 11 is 4.02. The summed E-state index contributed by atoms with van der Waals surface area (Å²) in [5.74, 6) is -1.10. The van der Waals surface area contributed by atoms with Crippen molar-refractivity contribution in [1.29, 1.82) is 0 Å². The molecule has 2 N–H and O–H groups in total. The van der Waals surface area contributed by atoms with E-state index in [0.717, 1.165) is 21.0 Å². The van der Waals surface area contributed by atoms with Crippen LogP contribution in [0.3, 0.4) is 0 Å². The lowest BCUT2D eigenvalue weighted by Gasteiger charge is -2.57. The zero-order chi connectivity index (χ0) is 35.5. The first-order valence-electron chi connectivity index (χ1n) is 15.9. The predicted octanol–water partition coefficient (Wildman–Crippen LogP) is 4.86. The second-order valence-corrected chi connectivity index (χ2v) is 16.4. The number of hydrazine groups is 1. The Bertz CT molecular complexity index is 1750. The highest BCUT2D eigenvalue weighted by Gasteiger charge is 2.62. The Balaban J connectivity index is 1.28. The second-order valence-electron chi connectivity index (χ2n) is 13.0. The molecule has 0 bridgehead atoms. The first-order valence-corrected chi connectivity index (χ1v) is 18.7. The zero-order valence-corrected chi connectivity index (χ0v) is 30.3.